The minimum Gasteiger partial charge on any atom is -0.481 e. The number of halogens is 1. The molecule has 1 rings (SSSR count). The number of carbonyl (C=O) groups is 2. The molecule has 0 saturated heterocycles. The Balaban J connectivity index is 2.99. The van der Waals surface area contributed by atoms with Crippen LogP contribution in [-0.2, 0) is 4.79 Å². The highest BCUT2D eigenvalue weighted by atomic mass is 35.5. The summed E-state index contributed by atoms with van der Waals surface area (Å²) >= 11 is 5.78. The maximum Gasteiger partial charge on any atom is 0.305 e. The van der Waals surface area contributed by atoms with E-state index in [1.165, 1.54) is 19.1 Å². The fourth-order valence-corrected chi connectivity index (χ4v) is 1.75. The molecule has 1 amide bonds. The van der Waals surface area contributed by atoms with E-state index in [1.54, 1.807) is 0 Å². The van der Waals surface area contributed by atoms with Crippen LogP contribution in [0, 0.1) is 10.1 Å². The second kappa shape index (κ2) is 6.14. The Morgan fingerprint density at radius 3 is 2.68 bits per heavy atom. The largest absolute Gasteiger partial charge is 0.481 e. The van der Waals surface area contributed by atoms with Crippen molar-refractivity contribution in [1.29, 1.82) is 0 Å². The van der Waals surface area contributed by atoms with Gasteiger partial charge in [-0.2, -0.15) is 0 Å². The number of aliphatic carboxylic acids is 1. The third kappa shape index (κ3) is 3.92. The highest BCUT2D eigenvalue weighted by Gasteiger charge is 2.24. The third-order valence-electron chi connectivity index (χ3n) is 2.27. The summed E-state index contributed by atoms with van der Waals surface area (Å²) in [6, 6.07) is 3.20. The molecule has 102 valence electrons. The first-order chi connectivity index (χ1) is 8.82. The Morgan fingerprint density at radius 2 is 2.16 bits per heavy atom. The Hall–Kier alpha value is -2.15. The van der Waals surface area contributed by atoms with Gasteiger partial charge in [-0.1, -0.05) is 17.7 Å². The first-order valence-electron chi connectivity index (χ1n) is 5.28. The van der Waals surface area contributed by atoms with Crippen molar-refractivity contribution in [2.45, 2.75) is 19.4 Å². The van der Waals surface area contributed by atoms with Crippen molar-refractivity contribution < 1.29 is 19.6 Å². The highest BCUT2D eigenvalue weighted by Crippen LogP contribution is 2.26. The summed E-state index contributed by atoms with van der Waals surface area (Å²) in [6.45, 7) is 1.48. The number of carboxylic acid groups (broad SMARTS) is 1. The molecule has 0 saturated carbocycles. The van der Waals surface area contributed by atoms with Crippen molar-refractivity contribution in [3.63, 3.8) is 0 Å². The number of carbonyl (C=O) groups excluding carboxylic acids is 1. The summed E-state index contributed by atoms with van der Waals surface area (Å²) < 4.78 is 0. The number of nitro benzene ring substituents is 1. The van der Waals surface area contributed by atoms with Crippen LogP contribution >= 0.6 is 11.6 Å². The Kier molecular flexibility index (Phi) is 4.82. The number of carboxylic acids is 1. The molecule has 0 fully saturated rings. The lowest BCUT2D eigenvalue weighted by Gasteiger charge is -2.12. The van der Waals surface area contributed by atoms with E-state index in [0.717, 1.165) is 6.07 Å². The fourth-order valence-electron chi connectivity index (χ4n) is 1.50. The Morgan fingerprint density at radius 1 is 1.53 bits per heavy atom. The van der Waals surface area contributed by atoms with Crippen LogP contribution in [0.2, 0.25) is 5.02 Å². The van der Waals surface area contributed by atoms with E-state index in [-0.39, 0.29) is 17.0 Å². The number of hydrogen-bond donors (Lipinski definition) is 2. The molecule has 0 aromatic heterocycles. The van der Waals surface area contributed by atoms with Crippen LogP contribution in [0.25, 0.3) is 0 Å². The van der Waals surface area contributed by atoms with Gasteiger partial charge in [0.25, 0.3) is 11.6 Å². The van der Waals surface area contributed by atoms with E-state index >= 15 is 0 Å². The smallest absolute Gasteiger partial charge is 0.305 e. The fraction of sp³-hybridized carbons (Fsp3) is 0.273. The van der Waals surface area contributed by atoms with E-state index in [0.29, 0.717) is 0 Å². The number of nitrogens with one attached hydrogen (secondary N) is 1. The number of benzene rings is 1. The van der Waals surface area contributed by atoms with Gasteiger partial charge in [-0.15, -0.1) is 0 Å². The van der Waals surface area contributed by atoms with Crippen LogP contribution in [0.3, 0.4) is 0 Å². The summed E-state index contributed by atoms with van der Waals surface area (Å²) in [6.07, 6.45) is -0.288. The number of rotatable bonds is 5. The quantitative estimate of drug-likeness (QED) is 0.634. The molecule has 7 nitrogen and oxygen atoms in total. The van der Waals surface area contributed by atoms with Crippen molar-refractivity contribution in [2.24, 2.45) is 0 Å². The minimum atomic E-state index is -1.08. The van der Waals surface area contributed by atoms with Crippen molar-refractivity contribution in [2.75, 3.05) is 0 Å². The zero-order valence-corrected chi connectivity index (χ0v) is 10.7. The van der Waals surface area contributed by atoms with Crippen LogP contribution in [0.15, 0.2) is 18.2 Å². The summed E-state index contributed by atoms with van der Waals surface area (Å²) in [5.41, 5.74) is -0.695. The van der Waals surface area contributed by atoms with E-state index < -0.39 is 28.5 Å². The number of hydrogen-bond acceptors (Lipinski definition) is 4. The maximum absolute atomic E-state index is 11.9. The van der Waals surface area contributed by atoms with Gasteiger partial charge >= 0.3 is 5.97 Å². The molecule has 0 aliphatic heterocycles. The van der Waals surface area contributed by atoms with Gasteiger partial charge < -0.3 is 10.4 Å². The summed E-state index contributed by atoms with van der Waals surface area (Å²) in [4.78, 5) is 32.5. The van der Waals surface area contributed by atoms with Gasteiger partial charge in [-0.3, -0.25) is 19.7 Å². The number of amides is 1. The zero-order valence-electron chi connectivity index (χ0n) is 9.92. The van der Waals surface area contributed by atoms with Gasteiger partial charge in [0.2, 0.25) is 0 Å². The molecule has 2 N–H and O–H groups in total. The van der Waals surface area contributed by atoms with Gasteiger partial charge in [0.05, 0.1) is 16.4 Å². The molecule has 0 heterocycles. The summed E-state index contributed by atoms with van der Waals surface area (Å²) in [7, 11) is 0. The normalized spacial score (nSPS) is 11.7. The molecule has 8 heteroatoms. The minimum absolute atomic E-state index is 0.0609. The maximum atomic E-state index is 11.9. The van der Waals surface area contributed by atoms with Crippen LogP contribution in [0.4, 0.5) is 5.69 Å². The lowest BCUT2D eigenvalue weighted by atomic mass is 10.1. The second-order valence-corrected chi connectivity index (χ2v) is 4.27. The lowest BCUT2D eigenvalue weighted by Crippen LogP contribution is -2.34. The molecule has 19 heavy (non-hydrogen) atoms. The standard InChI is InChI=1S/C11H11ClN2O5/c1-6(5-9(15)16)13-11(17)10-7(12)3-2-4-8(10)14(18)19/h2-4,6H,5H2,1H3,(H,13,17)(H,15,16). The van der Waals surface area contributed by atoms with Crippen LogP contribution in [0.5, 0.6) is 0 Å². The first-order valence-corrected chi connectivity index (χ1v) is 5.66. The predicted molar refractivity (Wildman–Crippen MR) is 67.3 cm³/mol. The van der Waals surface area contributed by atoms with Gasteiger partial charge in [0.15, 0.2) is 0 Å². The molecule has 0 bridgehead atoms. The zero-order chi connectivity index (χ0) is 14.6. The molecule has 0 spiro atoms. The molecule has 1 aromatic rings. The van der Waals surface area contributed by atoms with Crippen molar-refractivity contribution in [3.05, 3.63) is 38.9 Å². The monoisotopic (exact) mass is 286 g/mol. The van der Waals surface area contributed by atoms with Gasteiger partial charge in [-0.05, 0) is 13.0 Å². The van der Waals surface area contributed by atoms with Crippen molar-refractivity contribution in [1.82, 2.24) is 5.32 Å². The van der Waals surface area contributed by atoms with E-state index in [9.17, 15) is 19.7 Å². The average molecular weight is 287 g/mol. The summed E-state index contributed by atoms with van der Waals surface area (Å²) in [5.74, 6) is -1.85. The van der Waals surface area contributed by atoms with Crippen molar-refractivity contribution >= 4 is 29.2 Å². The average Bonchev–Trinajstić information content (AvgIpc) is 2.26. The van der Waals surface area contributed by atoms with Crippen LogP contribution in [0.1, 0.15) is 23.7 Å². The van der Waals surface area contributed by atoms with E-state index in [4.69, 9.17) is 16.7 Å². The SMILES string of the molecule is CC(CC(=O)O)NC(=O)c1c(Cl)cccc1[N+](=O)[O-]. The van der Waals surface area contributed by atoms with E-state index in [2.05, 4.69) is 5.32 Å². The molecule has 0 aliphatic rings. The van der Waals surface area contributed by atoms with Gasteiger partial charge in [0.1, 0.15) is 5.56 Å². The van der Waals surface area contributed by atoms with Crippen LogP contribution < -0.4 is 5.32 Å². The van der Waals surface area contributed by atoms with E-state index in [1.807, 2.05) is 0 Å². The predicted octanol–water partition coefficient (Wildman–Crippen LogP) is 1.84. The van der Waals surface area contributed by atoms with Crippen LogP contribution in [-0.4, -0.2) is 27.9 Å². The molecular weight excluding hydrogens is 276 g/mol. The van der Waals surface area contributed by atoms with Crippen molar-refractivity contribution in [3.8, 4) is 0 Å². The number of nitro groups is 1. The molecular formula is C11H11ClN2O5. The van der Waals surface area contributed by atoms with Gasteiger partial charge in [-0.25, -0.2) is 0 Å². The Labute approximate surface area is 113 Å². The Bertz CT molecular complexity index is 532. The highest BCUT2D eigenvalue weighted by molar-refractivity contribution is 6.34. The van der Waals surface area contributed by atoms with Gasteiger partial charge in [0, 0.05) is 12.1 Å². The third-order valence-corrected chi connectivity index (χ3v) is 2.59. The molecule has 0 aliphatic carbocycles. The lowest BCUT2D eigenvalue weighted by molar-refractivity contribution is -0.385. The second-order valence-electron chi connectivity index (χ2n) is 3.86. The number of nitrogens with zero attached hydrogens (tertiary/aromatic N) is 1. The molecule has 0 radical (unpaired) electrons. The summed E-state index contributed by atoms with van der Waals surface area (Å²) in [5, 5.41) is 21.7. The molecule has 1 aromatic carbocycles. The first kappa shape index (κ1) is 14.9. The molecule has 1 unspecified atom stereocenters. The topological polar surface area (TPSA) is 110 Å². The molecule has 1 atom stereocenters.